The average molecular weight is 665 g/mol. The van der Waals surface area contributed by atoms with Gasteiger partial charge in [0, 0.05) is 17.2 Å². The molecule has 48 heavy (non-hydrogen) atoms. The highest BCUT2D eigenvalue weighted by Crippen LogP contribution is 2.28. The zero-order chi connectivity index (χ0) is 35.8. The van der Waals surface area contributed by atoms with E-state index < -0.39 is 49.1 Å². The van der Waals surface area contributed by atoms with Crippen LogP contribution < -0.4 is 10.6 Å². The number of carbonyl (C=O) groups excluding carboxylic acids is 2. The highest BCUT2D eigenvalue weighted by Gasteiger charge is 2.25. The lowest BCUT2D eigenvalue weighted by atomic mass is 9.86. The average Bonchev–Trinajstić information content (AvgIpc) is 3.73. The molecule has 0 fully saturated rings. The molecule has 2 atom stereocenters. The van der Waals surface area contributed by atoms with Gasteiger partial charge in [-0.1, -0.05) is 100 Å². The summed E-state index contributed by atoms with van der Waals surface area (Å²) in [5, 5.41) is 47.7. The molecule has 0 bridgehead atoms. The molecule has 0 aliphatic carbocycles. The van der Waals surface area contributed by atoms with Crippen molar-refractivity contribution in [1.82, 2.24) is 20.9 Å². The molecule has 2 aromatic carbocycles. The zero-order valence-corrected chi connectivity index (χ0v) is 27.5. The van der Waals surface area contributed by atoms with Crippen LogP contribution in [0.1, 0.15) is 73.6 Å². The molecule has 0 saturated carbocycles. The van der Waals surface area contributed by atoms with E-state index in [-0.39, 0.29) is 22.2 Å². The number of amides is 2. The molecule has 4 aromatic rings. The fraction of sp³-hybridized carbons (Fsp3) is 0.353. The Hall–Kier alpha value is -5.34. The lowest BCUT2D eigenvalue weighted by molar-refractivity contribution is -0.141. The molecule has 14 nitrogen and oxygen atoms in total. The van der Waals surface area contributed by atoms with Crippen molar-refractivity contribution in [3.63, 3.8) is 0 Å². The summed E-state index contributed by atoms with van der Waals surface area (Å²) < 4.78 is 9.84. The van der Waals surface area contributed by atoms with Gasteiger partial charge >= 0.3 is 11.9 Å². The lowest BCUT2D eigenvalue weighted by Crippen LogP contribution is -2.43. The van der Waals surface area contributed by atoms with Gasteiger partial charge in [-0.3, -0.25) is 9.59 Å². The number of aliphatic hydroxyl groups is 2. The van der Waals surface area contributed by atoms with Crippen LogP contribution in [0.4, 0.5) is 0 Å². The molecule has 2 aromatic heterocycles. The number of benzene rings is 2. The Labute approximate surface area is 276 Å². The summed E-state index contributed by atoms with van der Waals surface area (Å²) in [5.74, 6) is -4.19. The van der Waals surface area contributed by atoms with E-state index in [9.17, 15) is 19.2 Å². The first kappa shape index (κ1) is 37.1. The summed E-state index contributed by atoms with van der Waals surface area (Å²) in [6.45, 7) is 11.2. The van der Waals surface area contributed by atoms with Crippen molar-refractivity contribution in [2.75, 3.05) is 13.2 Å². The van der Waals surface area contributed by atoms with Gasteiger partial charge in [-0.15, -0.1) is 0 Å². The Morgan fingerprint density at radius 1 is 0.708 bits per heavy atom. The molecule has 0 radical (unpaired) electrons. The van der Waals surface area contributed by atoms with Crippen molar-refractivity contribution in [2.45, 2.75) is 64.5 Å². The maximum atomic E-state index is 12.2. The standard InChI is InChI=1S/2C17H20N2O5/c1-17(2,3)11-6-4-10(5-7-11)14-12(9-24-19-14)15(21)18-13(8-20)16(22)23;1-17(2,3)11-6-4-10(5-7-11)12-8-14(24-19-12)15(21)18-13(9-20)16(22)23/h4-7,9,13,20H,8H2,1-3H3,(H,18,21)(H,22,23);4-8,13,20H,9H2,1-3H3,(H,18,21)(H,22,23)/t2*13-/m00/s1. The number of aromatic nitrogens is 2. The second kappa shape index (κ2) is 15.5. The predicted octanol–water partition coefficient (Wildman–Crippen LogP) is 3.63. The van der Waals surface area contributed by atoms with E-state index in [2.05, 4.69) is 62.5 Å². The molecule has 2 amide bonds. The minimum Gasteiger partial charge on any atom is -0.480 e. The molecular weight excluding hydrogens is 624 g/mol. The summed E-state index contributed by atoms with van der Waals surface area (Å²) in [6.07, 6.45) is 1.15. The Balaban J connectivity index is 0.000000260. The highest BCUT2D eigenvalue weighted by atomic mass is 16.5. The molecular formula is C34H40N4O10. The molecule has 256 valence electrons. The first-order valence-corrected chi connectivity index (χ1v) is 14.9. The molecule has 14 heteroatoms. The largest absolute Gasteiger partial charge is 0.480 e. The summed E-state index contributed by atoms with van der Waals surface area (Å²) in [7, 11) is 0. The minimum absolute atomic E-state index is 0.00159. The van der Waals surface area contributed by atoms with Gasteiger partial charge in [0.25, 0.3) is 11.8 Å². The van der Waals surface area contributed by atoms with Gasteiger partial charge in [-0.2, -0.15) is 0 Å². The third kappa shape index (κ3) is 9.59. The molecule has 0 aliphatic heterocycles. The first-order valence-electron chi connectivity index (χ1n) is 14.9. The van der Waals surface area contributed by atoms with Gasteiger partial charge in [0.05, 0.1) is 13.2 Å². The Bertz CT molecular complexity index is 1710. The van der Waals surface area contributed by atoms with Crippen LogP contribution in [0.25, 0.3) is 22.5 Å². The van der Waals surface area contributed by atoms with Crippen LogP contribution in [0.5, 0.6) is 0 Å². The molecule has 4 rings (SSSR count). The molecule has 0 aliphatic rings. The van der Waals surface area contributed by atoms with E-state index in [1.807, 2.05) is 48.5 Å². The van der Waals surface area contributed by atoms with Crippen LogP contribution >= 0.6 is 0 Å². The van der Waals surface area contributed by atoms with Crippen LogP contribution in [0.15, 0.2) is 69.9 Å². The van der Waals surface area contributed by atoms with Gasteiger partial charge < -0.3 is 40.1 Å². The van der Waals surface area contributed by atoms with Gasteiger partial charge in [0.1, 0.15) is 23.2 Å². The van der Waals surface area contributed by atoms with Crippen LogP contribution in [-0.2, 0) is 20.4 Å². The quantitative estimate of drug-likeness (QED) is 0.143. The monoisotopic (exact) mass is 664 g/mol. The molecule has 6 N–H and O–H groups in total. The van der Waals surface area contributed by atoms with Crippen molar-refractivity contribution in [1.29, 1.82) is 0 Å². The molecule has 0 saturated heterocycles. The first-order chi connectivity index (χ1) is 22.5. The number of hydrogen-bond acceptors (Lipinski definition) is 10. The highest BCUT2D eigenvalue weighted by molar-refractivity contribution is 6.01. The van der Waals surface area contributed by atoms with Crippen molar-refractivity contribution in [2.24, 2.45) is 0 Å². The Morgan fingerprint density at radius 3 is 1.60 bits per heavy atom. The number of hydrogen-bond donors (Lipinski definition) is 6. The van der Waals surface area contributed by atoms with E-state index in [1.165, 1.54) is 11.6 Å². The van der Waals surface area contributed by atoms with Gasteiger partial charge in [-0.25, -0.2) is 9.59 Å². The van der Waals surface area contributed by atoms with Crippen LogP contribution in [-0.4, -0.2) is 79.8 Å². The summed E-state index contributed by atoms with van der Waals surface area (Å²) >= 11 is 0. The second-order valence-corrected chi connectivity index (χ2v) is 12.9. The predicted molar refractivity (Wildman–Crippen MR) is 173 cm³/mol. The van der Waals surface area contributed by atoms with E-state index in [0.717, 1.165) is 17.4 Å². The maximum Gasteiger partial charge on any atom is 0.328 e. The molecule has 0 spiro atoms. The van der Waals surface area contributed by atoms with Crippen molar-refractivity contribution in [3.05, 3.63) is 83.3 Å². The maximum absolute atomic E-state index is 12.2. The molecule has 2 heterocycles. The van der Waals surface area contributed by atoms with Crippen LogP contribution in [0.3, 0.4) is 0 Å². The van der Waals surface area contributed by atoms with Gasteiger partial charge in [0.2, 0.25) is 5.76 Å². The number of carboxylic acids is 2. The Morgan fingerprint density at radius 2 is 1.17 bits per heavy atom. The van der Waals surface area contributed by atoms with Crippen LogP contribution in [0, 0.1) is 0 Å². The smallest absolute Gasteiger partial charge is 0.328 e. The van der Waals surface area contributed by atoms with E-state index in [1.54, 1.807) is 0 Å². The number of aliphatic carboxylic acids is 2. The lowest BCUT2D eigenvalue weighted by Gasteiger charge is -2.19. The fourth-order valence-corrected chi connectivity index (χ4v) is 4.23. The van der Waals surface area contributed by atoms with Gasteiger partial charge in [0.15, 0.2) is 12.1 Å². The van der Waals surface area contributed by atoms with Crippen molar-refractivity contribution >= 4 is 23.8 Å². The number of nitrogens with zero attached hydrogens (tertiary/aromatic N) is 2. The third-order valence-electron chi connectivity index (χ3n) is 7.19. The number of nitrogens with one attached hydrogen (secondary N) is 2. The SMILES string of the molecule is CC(C)(C)c1ccc(-c2cc(C(=O)N[C@@H](CO)C(=O)O)on2)cc1.CC(C)(C)c1ccc(-c2nocc2C(=O)N[C@@H](CO)C(=O)O)cc1. The summed E-state index contributed by atoms with van der Waals surface area (Å²) in [6, 6.07) is 13.9. The third-order valence-corrected chi connectivity index (χ3v) is 7.19. The normalized spacial score (nSPS) is 12.7. The number of aliphatic hydroxyl groups excluding tert-OH is 2. The summed E-state index contributed by atoms with van der Waals surface area (Å²) in [4.78, 5) is 45.9. The van der Waals surface area contributed by atoms with Crippen LogP contribution in [0.2, 0.25) is 0 Å². The fourth-order valence-electron chi connectivity index (χ4n) is 4.23. The number of carboxylic acid groups (broad SMARTS) is 2. The van der Waals surface area contributed by atoms with E-state index >= 15 is 0 Å². The number of rotatable bonds is 10. The molecule has 0 unspecified atom stereocenters. The van der Waals surface area contributed by atoms with Crippen molar-refractivity contribution < 1.29 is 48.7 Å². The van der Waals surface area contributed by atoms with Gasteiger partial charge in [-0.05, 0) is 22.0 Å². The second-order valence-electron chi connectivity index (χ2n) is 12.9. The Kier molecular flexibility index (Phi) is 12.0. The topological polar surface area (TPSA) is 225 Å². The minimum atomic E-state index is -1.39. The zero-order valence-electron chi connectivity index (χ0n) is 27.5. The summed E-state index contributed by atoms with van der Waals surface area (Å²) in [5.41, 5.74) is 4.68. The van der Waals surface area contributed by atoms with E-state index in [4.69, 9.17) is 29.5 Å². The van der Waals surface area contributed by atoms with E-state index in [0.29, 0.717) is 17.0 Å². The number of carbonyl (C=O) groups is 4. The van der Waals surface area contributed by atoms with Crippen molar-refractivity contribution in [3.8, 4) is 22.5 Å².